The quantitative estimate of drug-likeness (QED) is 0.834. The number of nitrogens with one attached hydrogen (secondary N) is 2. The smallest absolute Gasteiger partial charge is 0.182 e. The number of rotatable bonds is 3. The Hall–Kier alpha value is -1.85. The van der Waals surface area contributed by atoms with Crippen LogP contribution in [0.1, 0.15) is 11.3 Å². The highest BCUT2D eigenvalue weighted by Gasteiger charge is 2.25. The second-order valence-electron chi connectivity index (χ2n) is 5.09. The summed E-state index contributed by atoms with van der Waals surface area (Å²) < 4.78 is 5.42. The molecule has 104 valence electrons. The van der Waals surface area contributed by atoms with Crippen LogP contribution in [0.25, 0.3) is 0 Å². The van der Waals surface area contributed by atoms with E-state index in [9.17, 15) is 0 Å². The van der Waals surface area contributed by atoms with E-state index >= 15 is 0 Å². The van der Waals surface area contributed by atoms with Crippen molar-refractivity contribution in [3.63, 3.8) is 0 Å². The van der Waals surface area contributed by atoms with Crippen LogP contribution in [-0.4, -0.2) is 18.4 Å². The summed E-state index contributed by atoms with van der Waals surface area (Å²) in [6, 6.07) is 12.4. The lowest BCUT2D eigenvalue weighted by molar-refractivity contribution is -0.917. The van der Waals surface area contributed by atoms with E-state index in [2.05, 4.69) is 41.4 Å². The largest absolute Gasteiger partial charge is 0.463 e. The third kappa shape index (κ3) is 2.84. The molecule has 2 heterocycles. The minimum atomic E-state index is 0.789. The number of hydrogen-bond acceptors (Lipinski definition) is 2. The molecule has 2 N–H and O–H groups in total. The fourth-order valence-corrected chi connectivity index (χ4v) is 2.60. The van der Waals surface area contributed by atoms with E-state index in [4.69, 9.17) is 16.6 Å². The Bertz CT molecular complexity index is 580. The predicted octanol–water partition coefficient (Wildman–Crippen LogP) is 1.28. The zero-order valence-corrected chi connectivity index (χ0v) is 12.2. The second kappa shape index (κ2) is 5.64. The van der Waals surface area contributed by atoms with Gasteiger partial charge in [-0.3, -0.25) is 9.80 Å². The number of nitrogens with zero attached hydrogens (tertiary/aromatic N) is 1. The molecule has 0 spiro atoms. The number of quaternary nitrogens is 1. The van der Waals surface area contributed by atoms with E-state index < -0.39 is 0 Å². The van der Waals surface area contributed by atoms with Gasteiger partial charge in [-0.2, -0.15) is 0 Å². The molecule has 4 nitrogen and oxygen atoms in total. The Morgan fingerprint density at radius 2 is 2.10 bits per heavy atom. The van der Waals surface area contributed by atoms with Gasteiger partial charge in [0.2, 0.25) is 0 Å². The van der Waals surface area contributed by atoms with Gasteiger partial charge in [0, 0.05) is 5.69 Å². The molecule has 0 amide bonds. The first kappa shape index (κ1) is 13.1. The van der Waals surface area contributed by atoms with Gasteiger partial charge in [-0.15, -0.1) is 0 Å². The molecule has 0 aliphatic carbocycles. The third-order valence-electron chi connectivity index (χ3n) is 3.47. The molecule has 20 heavy (non-hydrogen) atoms. The monoisotopic (exact) mass is 288 g/mol. The number of thiocarbonyl (C=S) groups is 1. The lowest BCUT2D eigenvalue weighted by atomic mass is 10.2. The van der Waals surface area contributed by atoms with Gasteiger partial charge in [0.25, 0.3) is 0 Å². The van der Waals surface area contributed by atoms with Gasteiger partial charge in [0.15, 0.2) is 24.2 Å². The molecular formula is C15H18N3OS+. The van der Waals surface area contributed by atoms with Crippen LogP contribution in [0.3, 0.4) is 0 Å². The molecule has 1 aromatic carbocycles. The lowest BCUT2D eigenvalue weighted by Crippen LogP contribution is -3.16. The first-order valence-corrected chi connectivity index (χ1v) is 7.11. The summed E-state index contributed by atoms with van der Waals surface area (Å²) in [7, 11) is 0. The molecule has 1 saturated heterocycles. The zero-order valence-electron chi connectivity index (χ0n) is 11.4. The topological polar surface area (TPSA) is 32.9 Å². The van der Waals surface area contributed by atoms with Gasteiger partial charge in [-0.05, 0) is 43.4 Å². The van der Waals surface area contributed by atoms with Crippen molar-refractivity contribution in [2.24, 2.45) is 0 Å². The summed E-state index contributed by atoms with van der Waals surface area (Å²) >= 11 is 5.42. The lowest BCUT2D eigenvalue weighted by Gasteiger charge is -2.34. The number of aryl methyl sites for hydroxylation is 1. The minimum absolute atomic E-state index is 0.789. The molecule has 1 aliphatic rings. The molecule has 1 fully saturated rings. The van der Waals surface area contributed by atoms with Crippen LogP contribution in [0.2, 0.25) is 0 Å². The fraction of sp³-hybridized carbons (Fsp3) is 0.267. The molecule has 0 radical (unpaired) electrons. The average Bonchev–Trinajstić information content (AvgIpc) is 2.95. The summed E-state index contributed by atoms with van der Waals surface area (Å²) in [5.41, 5.74) is 2.38. The average molecular weight is 288 g/mol. The van der Waals surface area contributed by atoms with Crippen molar-refractivity contribution in [3.05, 3.63) is 54.0 Å². The van der Waals surface area contributed by atoms with E-state index in [1.807, 2.05) is 12.1 Å². The van der Waals surface area contributed by atoms with E-state index in [1.54, 1.807) is 6.26 Å². The number of benzene rings is 1. The van der Waals surface area contributed by atoms with Gasteiger partial charge >= 0.3 is 0 Å². The first-order valence-electron chi connectivity index (χ1n) is 6.70. The molecule has 0 bridgehead atoms. The van der Waals surface area contributed by atoms with Crippen LogP contribution < -0.4 is 15.1 Å². The summed E-state index contributed by atoms with van der Waals surface area (Å²) in [6.07, 6.45) is 1.72. The molecule has 5 heteroatoms. The zero-order chi connectivity index (χ0) is 13.9. The van der Waals surface area contributed by atoms with Crippen LogP contribution in [0.4, 0.5) is 5.69 Å². The van der Waals surface area contributed by atoms with Crippen molar-refractivity contribution in [1.29, 1.82) is 0 Å². The predicted molar refractivity (Wildman–Crippen MR) is 82.5 cm³/mol. The van der Waals surface area contributed by atoms with Gasteiger partial charge in [-0.25, -0.2) is 0 Å². The molecular weight excluding hydrogens is 270 g/mol. The van der Waals surface area contributed by atoms with E-state index in [0.717, 1.165) is 36.4 Å². The SMILES string of the molecule is Cc1ccc(N2C[NH+](Cc3ccco3)CNC2=S)cc1. The van der Waals surface area contributed by atoms with E-state index in [-0.39, 0.29) is 0 Å². The summed E-state index contributed by atoms with van der Waals surface area (Å²) in [4.78, 5) is 3.51. The summed E-state index contributed by atoms with van der Waals surface area (Å²) in [6.45, 7) is 4.60. The highest BCUT2D eigenvalue weighted by atomic mass is 32.1. The van der Waals surface area contributed by atoms with Gasteiger partial charge in [0.05, 0.1) is 6.26 Å². The Kier molecular flexibility index (Phi) is 3.71. The van der Waals surface area contributed by atoms with Crippen LogP contribution in [-0.2, 0) is 6.54 Å². The molecule has 1 aliphatic heterocycles. The van der Waals surface area contributed by atoms with Crippen LogP contribution in [0.5, 0.6) is 0 Å². The van der Waals surface area contributed by atoms with Crippen molar-refractivity contribution in [3.8, 4) is 0 Å². The molecule has 3 rings (SSSR count). The Morgan fingerprint density at radius 1 is 1.30 bits per heavy atom. The highest BCUT2D eigenvalue weighted by molar-refractivity contribution is 7.80. The second-order valence-corrected chi connectivity index (χ2v) is 5.47. The maximum absolute atomic E-state index is 5.42. The van der Waals surface area contributed by atoms with E-state index in [0.29, 0.717) is 0 Å². The van der Waals surface area contributed by atoms with Gasteiger partial charge < -0.3 is 9.73 Å². The maximum Gasteiger partial charge on any atom is 0.182 e. The fourth-order valence-electron chi connectivity index (χ4n) is 2.36. The third-order valence-corrected chi connectivity index (χ3v) is 3.83. The summed E-state index contributed by atoms with van der Waals surface area (Å²) in [5.74, 6) is 0.999. The van der Waals surface area contributed by atoms with Crippen molar-refractivity contribution >= 4 is 23.0 Å². The molecule has 1 atom stereocenters. The van der Waals surface area contributed by atoms with Crippen LogP contribution in [0.15, 0.2) is 47.1 Å². The van der Waals surface area contributed by atoms with Crippen molar-refractivity contribution in [2.45, 2.75) is 13.5 Å². The molecule has 0 saturated carbocycles. The summed E-state index contributed by atoms with van der Waals surface area (Å²) in [5, 5.41) is 4.08. The maximum atomic E-state index is 5.42. The molecule has 1 aromatic heterocycles. The van der Waals surface area contributed by atoms with Gasteiger partial charge in [0.1, 0.15) is 6.54 Å². The first-order chi connectivity index (χ1) is 9.72. The molecule has 1 unspecified atom stereocenters. The Balaban J connectivity index is 1.73. The van der Waals surface area contributed by atoms with Crippen LogP contribution in [0, 0.1) is 6.92 Å². The van der Waals surface area contributed by atoms with E-state index in [1.165, 1.54) is 10.5 Å². The highest BCUT2D eigenvalue weighted by Crippen LogP contribution is 2.15. The number of anilines is 1. The van der Waals surface area contributed by atoms with Crippen molar-refractivity contribution in [2.75, 3.05) is 18.2 Å². The number of hydrogen-bond donors (Lipinski definition) is 2. The van der Waals surface area contributed by atoms with Gasteiger partial charge in [-0.1, -0.05) is 17.7 Å². The standard InChI is InChI=1S/C15H17N3OS/c1-12-4-6-13(7-5-12)18-11-17(10-16-15(18)20)9-14-3-2-8-19-14/h2-8H,9-11H2,1H3,(H,16,20)/p+1. The Labute approximate surface area is 124 Å². The Morgan fingerprint density at radius 3 is 2.80 bits per heavy atom. The normalized spacial score (nSPS) is 18.9. The minimum Gasteiger partial charge on any atom is -0.463 e. The van der Waals surface area contributed by atoms with Crippen molar-refractivity contribution < 1.29 is 9.32 Å². The van der Waals surface area contributed by atoms with Crippen LogP contribution >= 0.6 is 12.2 Å². The number of furan rings is 1. The van der Waals surface area contributed by atoms with Crippen molar-refractivity contribution in [1.82, 2.24) is 5.32 Å². The molecule has 2 aromatic rings.